The highest BCUT2D eigenvalue weighted by Crippen LogP contribution is 2.22. The smallest absolute Gasteiger partial charge is 0.135 e. The van der Waals surface area contributed by atoms with E-state index in [0.29, 0.717) is 21.7 Å². The van der Waals surface area contributed by atoms with Crippen molar-refractivity contribution >= 4 is 46.2 Å². The van der Waals surface area contributed by atoms with Crippen molar-refractivity contribution in [3.05, 3.63) is 71.0 Å². The Kier molecular flexibility index (Phi) is 4.42. The van der Waals surface area contributed by atoms with E-state index in [2.05, 4.69) is 20.6 Å². The molecule has 6 heteroatoms. The molecule has 0 unspecified atom stereocenters. The first-order chi connectivity index (χ1) is 10.7. The highest BCUT2D eigenvalue weighted by molar-refractivity contribution is 6.31. The van der Waals surface area contributed by atoms with E-state index in [0.717, 1.165) is 11.4 Å². The van der Waals surface area contributed by atoms with Gasteiger partial charge in [0, 0.05) is 27.5 Å². The lowest BCUT2D eigenvalue weighted by Gasteiger charge is -2.09. The lowest BCUT2D eigenvalue weighted by molar-refractivity contribution is 1.17. The predicted octanol–water partition coefficient (Wildman–Crippen LogP) is 5.27. The molecule has 3 aromatic rings. The molecule has 4 nitrogen and oxygen atoms in total. The predicted molar refractivity (Wildman–Crippen MR) is 91.5 cm³/mol. The summed E-state index contributed by atoms with van der Waals surface area (Å²) in [7, 11) is 0. The normalized spacial score (nSPS) is 10.3. The van der Waals surface area contributed by atoms with Crippen LogP contribution in [0, 0.1) is 0 Å². The van der Waals surface area contributed by atoms with Crippen LogP contribution in [-0.4, -0.2) is 9.97 Å². The minimum atomic E-state index is 0.663. The third-order valence-corrected chi connectivity index (χ3v) is 3.33. The Hall–Kier alpha value is -2.30. The van der Waals surface area contributed by atoms with E-state index in [-0.39, 0.29) is 0 Å². The molecule has 0 aliphatic heterocycles. The average Bonchev–Trinajstić information content (AvgIpc) is 2.47. The first-order valence-electron chi connectivity index (χ1n) is 6.56. The Morgan fingerprint density at radius 2 is 1.18 bits per heavy atom. The Morgan fingerprint density at radius 3 is 1.64 bits per heavy atom. The first kappa shape index (κ1) is 14.6. The molecule has 0 aliphatic carbocycles. The quantitative estimate of drug-likeness (QED) is 0.684. The molecule has 0 saturated heterocycles. The van der Waals surface area contributed by atoms with Gasteiger partial charge in [-0.2, -0.15) is 0 Å². The van der Waals surface area contributed by atoms with Crippen LogP contribution in [0.5, 0.6) is 0 Å². The van der Waals surface area contributed by atoms with Gasteiger partial charge in [0.1, 0.15) is 18.0 Å². The fourth-order valence-electron chi connectivity index (χ4n) is 1.92. The standard InChI is InChI=1S/C16H12Cl2N4/c17-11-3-1-5-13(7-11)21-15-9-16(20-10-19-15)22-14-6-2-4-12(18)8-14/h1-10H,(H2,19,20,21,22). The molecule has 0 aliphatic rings. The van der Waals surface area contributed by atoms with Crippen LogP contribution in [0.2, 0.25) is 10.0 Å². The third kappa shape index (κ3) is 3.87. The molecule has 0 spiro atoms. The summed E-state index contributed by atoms with van der Waals surface area (Å²) in [6.45, 7) is 0. The molecule has 22 heavy (non-hydrogen) atoms. The van der Waals surface area contributed by atoms with E-state index < -0.39 is 0 Å². The fourth-order valence-corrected chi connectivity index (χ4v) is 2.30. The Bertz CT molecular complexity index is 730. The van der Waals surface area contributed by atoms with E-state index >= 15 is 0 Å². The van der Waals surface area contributed by atoms with Gasteiger partial charge in [-0.05, 0) is 36.4 Å². The second-order valence-corrected chi connectivity index (χ2v) is 5.43. The summed E-state index contributed by atoms with van der Waals surface area (Å²) in [4.78, 5) is 8.38. The number of hydrogen-bond acceptors (Lipinski definition) is 4. The molecular formula is C16H12Cl2N4. The molecule has 0 fully saturated rings. The minimum Gasteiger partial charge on any atom is -0.340 e. The maximum absolute atomic E-state index is 5.97. The minimum absolute atomic E-state index is 0.663. The second kappa shape index (κ2) is 6.64. The number of anilines is 4. The lowest BCUT2D eigenvalue weighted by Crippen LogP contribution is -1.98. The van der Waals surface area contributed by atoms with Crippen LogP contribution in [0.4, 0.5) is 23.0 Å². The van der Waals surface area contributed by atoms with Crippen molar-refractivity contribution in [3.8, 4) is 0 Å². The van der Waals surface area contributed by atoms with E-state index in [9.17, 15) is 0 Å². The maximum Gasteiger partial charge on any atom is 0.135 e. The fraction of sp³-hybridized carbons (Fsp3) is 0. The van der Waals surface area contributed by atoms with Crippen LogP contribution in [0.3, 0.4) is 0 Å². The summed E-state index contributed by atoms with van der Waals surface area (Å²) in [6.07, 6.45) is 1.49. The molecule has 2 N–H and O–H groups in total. The maximum atomic E-state index is 5.97. The van der Waals surface area contributed by atoms with E-state index in [1.807, 2.05) is 54.6 Å². The summed E-state index contributed by atoms with van der Waals surface area (Å²) in [5, 5.41) is 7.69. The van der Waals surface area contributed by atoms with Crippen LogP contribution in [0.15, 0.2) is 60.9 Å². The van der Waals surface area contributed by atoms with Gasteiger partial charge in [-0.25, -0.2) is 9.97 Å². The van der Waals surface area contributed by atoms with E-state index in [1.165, 1.54) is 6.33 Å². The molecule has 0 saturated carbocycles. The number of nitrogens with zero attached hydrogens (tertiary/aromatic N) is 2. The number of nitrogens with one attached hydrogen (secondary N) is 2. The van der Waals surface area contributed by atoms with Crippen molar-refractivity contribution in [1.29, 1.82) is 0 Å². The molecular weight excluding hydrogens is 319 g/mol. The van der Waals surface area contributed by atoms with Crippen LogP contribution >= 0.6 is 23.2 Å². The van der Waals surface area contributed by atoms with Crippen molar-refractivity contribution in [2.75, 3.05) is 10.6 Å². The van der Waals surface area contributed by atoms with Crippen LogP contribution in [-0.2, 0) is 0 Å². The SMILES string of the molecule is Clc1cccc(Nc2cc(Nc3cccc(Cl)c3)ncn2)c1. The highest BCUT2D eigenvalue weighted by Gasteiger charge is 2.01. The summed E-state index contributed by atoms with van der Waals surface area (Å²) >= 11 is 11.9. The molecule has 1 heterocycles. The number of benzene rings is 2. The molecule has 110 valence electrons. The Morgan fingerprint density at radius 1 is 0.682 bits per heavy atom. The Balaban J connectivity index is 1.78. The number of hydrogen-bond donors (Lipinski definition) is 2. The summed E-state index contributed by atoms with van der Waals surface area (Å²) in [6, 6.07) is 16.7. The second-order valence-electron chi connectivity index (χ2n) is 4.56. The molecule has 0 amide bonds. The molecule has 0 bridgehead atoms. The van der Waals surface area contributed by atoms with Gasteiger partial charge in [-0.1, -0.05) is 35.3 Å². The summed E-state index contributed by atoms with van der Waals surface area (Å²) in [5.41, 5.74) is 1.72. The molecule has 2 aromatic carbocycles. The van der Waals surface area contributed by atoms with Gasteiger partial charge in [0.2, 0.25) is 0 Å². The largest absolute Gasteiger partial charge is 0.340 e. The zero-order valence-corrected chi connectivity index (χ0v) is 12.9. The number of aromatic nitrogens is 2. The van der Waals surface area contributed by atoms with E-state index in [1.54, 1.807) is 0 Å². The van der Waals surface area contributed by atoms with Gasteiger partial charge in [0.05, 0.1) is 0 Å². The van der Waals surface area contributed by atoms with Crippen molar-refractivity contribution in [3.63, 3.8) is 0 Å². The number of rotatable bonds is 4. The zero-order valence-electron chi connectivity index (χ0n) is 11.4. The monoisotopic (exact) mass is 330 g/mol. The van der Waals surface area contributed by atoms with Gasteiger partial charge in [-0.3, -0.25) is 0 Å². The van der Waals surface area contributed by atoms with E-state index in [4.69, 9.17) is 23.2 Å². The van der Waals surface area contributed by atoms with Gasteiger partial charge in [0.25, 0.3) is 0 Å². The molecule has 1 aromatic heterocycles. The first-order valence-corrected chi connectivity index (χ1v) is 7.32. The lowest BCUT2D eigenvalue weighted by atomic mass is 10.3. The third-order valence-electron chi connectivity index (χ3n) is 2.86. The van der Waals surface area contributed by atoms with Crippen LogP contribution < -0.4 is 10.6 Å². The molecule has 3 rings (SSSR count). The van der Waals surface area contributed by atoms with Crippen molar-refractivity contribution in [2.45, 2.75) is 0 Å². The van der Waals surface area contributed by atoms with Gasteiger partial charge < -0.3 is 10.6 Å². The average molecular weight is 331 g/mol. The van der Waals surface area contributed by atoms with Crippen LogP contribution in [0.25, 0.3) is 0 Å². The molecule has 0 radical (unpaired) electrons. The van der Waals surface area contributed by atoms with Crippen molar-refractivity contribution < 1.29 is 0 Å². The van der Waals surface area contributed by atoms with Crippen molar-refractivity contribution in [1.82, 2.24) is 9.97 Å². The molecule has 0 atom stereocenters. The van der Waals surface area contributed by atoms with Gasteiger partial charge in [0.15, 0.2) is 0 Å². The Labute approximate surface area is 138 Å². The summed E-state index contributed by atoms with van der Waals surface area (Å²) < 4.78 is 0. The van der Waals surface area contributed by atoms with Gasteiger partial charge >= 0.3 is 0 Å². The van der Waals surface area contributed by atoms with Gasteiger partial charge in [-0.15, -0.1) is 0 Å². The number of halogens is 2. The van der Waals surface area contributed by atoms with Crippen molar-refractivity contribution in [2.24, 2.45) is 0 Å². The summed E-state index contributed by atoms with van der Waals surface area (Å²) in [5.74, 6) is 1.34. The zero-order chi connectivity index (χ0) is 15.4. The van der Waals surface area contributed by atoms with Crippen LogP contribution in [0.1, 0.15) is 0 Å². The topological polar surface area (TPSA) is 49.8 Å². The highest BCUT2D eigenvalue weighted by atomic mass is 35.5.